The van der Waals surface area contributed by atoms with Crippen molar-refractivity contribution in [3.8, 4) is 0 Å². The fourth-order valence-electron chi connectivity index (χ4n) is 5.81. The van der Waals surface area contributed by atoms with E-state index in [1.54, 1.807) is 0 Å². The highest BCUT2D eigenvalue weighted by Crippen LogP contribution is 2.22. The minimum atomic E-state index is 0.504. The third-order valence-corrected chi connectivity index (χ3v) is 8.27. The summed E-state index contributed by atoms with van der Waals surface area (Å²) in [5.74, 6) is 0. The topological polar surface area (TPSA) is 6.48 Å². The lowest BCUT2D eigenvalue weighted by atomic mass is 10.1. The van der Waals surface area contributed by atoms with Crippen molar-refractivity contribution in [1.29, 1.82) is 0 Å². The molecule has 1 aromatic carbocycles. The molecule has 2 rings (SSSR count). The van der Waals surface area contributed by atoms with Crippen molar-refractivity contribution in [2.75, 3.05) is 13.1 Å². The predicted molar refractivity (Wildman–Crippen MR) is 165 cm³/mol. The summed E-state index contributed by atoms with van der Waals surface area (Å²) in [7, 11) is 0. The smallest absolute Gasteiger partial charge is 0.105 e. The molecule has 0 radical (unpaired) electrons. The van der Waals surface area contributed by atoms with E-state index in [9.17, 15) is 0 Å². The second kappa shape index (κ2) is 22.5. The summed E-state index contributed by atoms with van der Waals surface area (Å²) in [4.78, 5) is 5.27. The van der Waals surface area contributed by atoms with E-state index in [2.05, 4.69) is 66.4 Å². The Bertz CT molecular complexity index is 640. The van der Waals surface area contributed by atoms with E-state index in [1.165, 1.54) is 153 Å². The zero-order valence-corrected chi connectivity index (χ0v) is 25.0. The molecule has 0 saturated heterocycles. The Labute approximate surface area is 232 Å². The average molecular weight is 511 g/mol. The van der Waals surface area contributed by atoms with Gasteiger partial charge in [-0.3, -0.25) is 0 Å². The summed E-state index contributed by atoms with van der Waals surface area (Å²) in [5, 5.41) is 0. The van der Waals surface area contributed by atoms with Gasteiger partial charge in [-0.25, -0.2) is 0 Å². The van der Waals surface area contributed by atoms with Crippen LogP contribution in [0.1, 0.15) is 154 Å². The molecule has 1 unspecified atom stereocenters. The highest BCUT2D eigenvalue weighted by molar-refractivity contribution is 5.17. The summed E-state index contributed by atoms with van der Waals surface area (Å²) >= 11 is 0. The molecule has 1 heterocycles. The monoisotopic (exact) mass is 510 g/mol. The molecule has 1 aromatic rings. The van der Waals surface area contributed by atoms with Crippen LogP contribution in [0.4, 0.5) is 0 Å². The largest absolute Gasteiger partial charge is 0.356 e. The van der Waals surface area contributed by atoms with Crippen LogP contribution in [0.2, 0.25) is 0 Å². The van der Waals surface area contributed by atoms with Gasteiger partial charge in [0.05, 0.1) is 0 Å². The van der Waals surface area contributed by atoms with Gasteiger partial charge in [-0.1, -0.05) is 166 Å². The molecule has 0 spiro atoms. The maximum absolute atomic E-state index is 2.64. The lowest BCUT2D eigenvalue weighted by Crippen LogP contribution is -2.41. The van der Waals surface area contributed by atoms with Crippen molar-refractivity contribution in [3.63, 3.8) is 0 Å². The van der Waals surface area contributed by atoms with Gasteiger partial charge >= 0.3 is 0 Å². The van der Waals surface area contributed by atoms with Gasteiger partial charge in [-0.15, -0.1) is 0 Å². The molecule has 0 aliphatic carbocycles. The minimum absolute atomic E-state index is 0.504. The number of hydrogen-bond acceptors (Lipinski definition) is 2. The molecule has 1 aliphatic rings. The first-order chi connectivity index (χ1) is 18.3. The zero-order chi connectivity index (χ0) is 26.2. The molecule has 212 valence electrons. The molecule has 0 saturated carbocycles. The predicted octanol–water partition coefficient (Wildman–Crippen LogP) is 10.9. The number of benzene rings is 1. The first-order valence-corrected chi connectivity index (χ1v) is 16.6. The van der Waals surface area contributed by atoms with Gasteiger partial charge in [0.2, 0.25) is 0 Å². The Morgan fingerprint density at radius 1 is 0.459 bits per heavy atom. The standard InChI is InChI=1S/C35H62N2/c1-3-5-7-9-11-13-15-17-19-21-26-30-37-32-31-36(35(37)33-34-27-23-22-24-28-34)29-25-20-18-16-14-12-10-8-6-4-2/h22-24,27-28,31-32,35H,3-21,25-26,29-30,33H2,1-2H3. The van der Waals surface area contributed by atoms with Crippen LogP contribution in [0.15, 0.2) is 42.7 Å². The van der Waals surface area contributed by atoms with Gasteiger partial charge in [-0.2, -0.15) is 0 Å². The molecule has 0 bridgehead atoms. The molecule has 0 amide bonds. The van der Waals surface area contributed by atoms with Crippen molar-refractivity contribution in [1.82, 2.24) is 9.80 Å². The number of rotatable bonds is 25. The van der Waals surface area contributed by atoms with Crippen LogP contribution in [-0.2, 0) is 6.42 Å². The molecule has 0 N–H and O–H groups in total. The maximum Gasteiger partial charge on any atom is 0.105 e. The van der Waals surface area contributed by atoms with Crippen molar-refractivity contribution < 1.29 is 0 Å². The van der Waals surface area contributed by atoms with Crippen LogP contribution in [0.25, 0.3) is 0 Å². The van der Waals surface area contributed by atoms with Gasteiger partial charge in [0.1, 0.15) is 6.17 Å². The Morgan fingerprint density at radius 2 is 0.811 bits per heavy atom. The molecule has 37 heavy (non-hydrogen) atoms. The second-order valence-electron chi connectivity index (χ2n) is 11.7. The van der Waals surface area contributed by atoms with E-state index in [4.69, 9.17) is 0 Å². The SMILES string of the molecule is CCCCCCCCCCCCCN1C=CN(CCCCCCCCCCCC)C1Cc1ccccc1. The van der Waals surface area contributed by atoms with Crippen LogP contribution >= 0.6 is 0 Å². The number of hydrogen-bond donors (Lipinski definition) is 0. The van der Waals surface area contributed by atoms with Crippen molar-refractivity contribution in [2.45, 2.75) is 161 Å². The summed E-state index contributed by atoms with van der Waals surface area (Å²) < 4.78 is 0. The van der Waals surface area contributed by atoms with E-state index in [1.807, 2.05) is 0 Å². The molecule has 2 heteroatoms. The highest BCUT2D eigenvalue weighted by atomic mass is 15.4. The van der Waals surface area contributed by atoms with Gasteiger partial charge < -0.3 is 9.80 Å². The van der Waals surface area contributed by atoms with Gasteiger partial charge in [0.25, 0.3) is 0 Å². The lowest BCUT2D eigenvalue weighted by molar-refractivity contribution is 0.148. The number of nitrogens with zero attached hydrogens (tertiary/aromatic N) is 2. The van der Waals surface area contributed by atoms with Crippen LogP contribution < -0.4 is 0 Å². The summed E-state index contributed by atoms with van der Waals surface area (Å²) in [6, 6.07) is 11.1. The fraction of sp³-hybridized carbons (Fsp3) is 0.771. The minimum Gasteiger partial charge on any atom is -0.356 e. The third-order valence-electron chi connectivity index (χ3n) is 8.27. The quantitative estimate of drug-likeness (QED) is 0.121. The zero-order valence-electron chi connectivity index (χ0n) is 25.0. The van der Waals surface area contributed by atoms with E-state index in [0.717, 1.165) is 6.42 Å². The molecule has 0 fully saturated rings. The van der Waals surface area contributed by atoms with Gasteiger partial charge in [-0.05, 0) is 18.4 Å². The van der Waals surface area contributed by atoms with E-state index >= 15 is 0 Å². The van der Waals surface area contributed by atoms with E-state index in [0.29, 0.717) is 6.17 Å². The number of unbranched alkanes of at least 4 members (excludes halogenated alkanes) is 19. The van der Waals surface area contributed by atoms with Crippen LogP contribution in [-0.4, -0.2) is 29.1 Å². The normalized spacial score (nSPS) is 15.2. The maximum atomic E-state index is 2.64. The Morgan fingerprint density at radius 3 is 1.19 bits per heavy atom. The van der Waals surface area contributed by atoms with Crippen LogP contribution in [0, 0.1) is 0 Å². The molecule has 2 nitrogen and oxygen atoms in total. The van der Waals surface area contributed by atoms with Gasteiger partial charge in [0, 0.05) is 31.9 Å². The molecule has 1 atom stereocenters. The first-order valence-electron chi connectivity index (χ1n) is 16.6. The van der Waals surface area contributed by atoms with Crippen LogP contribution in [0.3, 0.4) is 0 Å². The average Bonchev–Trinajstić information content (AvgIpc) is 3.29. The highest BCUT2D eigenvalue weighted by Gasteiger charge is 2.25. The summed E-state index contributed by atoms with van der Waals surface area (Å²) in [6.07, 6.45) is 36.1. The second-order valence-corrected chi connectivity index (χ2v) is 11.7. The Hall–Kier alpha value is -1.44. The fourth-order valence-corrected chi connectivity index (χ4v) is 5.81. The first kappa shape index (κ1) is 31.8. The van der Waals surface area contributed by atoms with Crippen molar-refractivity contribution in [2.24, 2.45) is 0 Å². The molecular formula is C35H62N2. The molecule has 1 aliphatic heterocycles. The van der Waals surface area contributed by atoms with Crippen molar-refractivity contribution >= 4 is 0 Å². The summed E-state index contributed by atoms with van der Waals surface area (Å²) in [5.41, 5.74) is 1.47. The Balaban J connectivity index is 1.61. The van der Waals surface area contributed by atoms with E-state index < -0.39 is 0 Å². The lowest BCUT2D eigenvalue weighted by Gasteiger charge is -2.33. The van der Waals surface area contributed by atoms with Crippen LogP contribution in [0.5, 0.6) is 0 Å². The van der Waals surface area contributed by atoms with Gasteiger partial charge in [0.15, 0.2) is 0 Å². The molecular weight excluding hydrogens is 448 g/mol. The third kappa shape index (κ3) is 15.5. The summed E-state index contributed by atoms with van der Waals surface area (Å²) in [6.45, 7) is 7.02. The van der Waals surface area contributed by atoms with E-state index in [-0.39, 0.29) is 0 Å². The Kier molecular flexibility index (Phi) is 19.4. The van der Waals surface area contributed by atoms with Crippen molar-refractivity contribution in [3.05, 3.63) is 48.3 Å². The molecule has 0 aromatic heterocycles.